The highest BCUT2D eigenvalue weighted by Gasteiger charge is 2.28. The summed E-state index contributed by atoms with van der Waals surface area (Å²) < 4.78 is 6.67. The molecule has 0 unspecified atom stereocenters. The third-order valence-corrected chi connectivity index (χ3v) is 4.59. The molecule has 30 heavy (non-hydrogen) atoms. The fraction of sp³-hybridized carbons (Fsp3) is 0.263. The zero-order chi connectivity index (χ0) is 22.0. The van der Waals surface area contributed by atoms with Crippen LogP contribution < -0.4 is 22.0 Å². The van der Waals surface area contributed by atoms with E-state index in [1.54, 1.807) is 30.3 Å². The summed E-state index contributed by atoms with van der Waals surface area (Å²) in [7, 11) is 2.52. The van der Waals surface area contributed by atoms with Crippen LogP contribution in [0.1, 0.15) is 23.2 Å². The van der Waals surface area contributed by atoms with Gasteiger partial charge in [0.15, 0.2) is 6.61 Å². The largest absolute Gasteiger partial charge is 0.453 e. The number of nitrogens with two attached hydrogens (primary N) is 1. The number of benzene rings is 1. The molecule has 0 aliphatic carbocycles. The van der Waals surface area contributed by atoms with Gasteiger partial charge in [0.05, 0.1) is 5.69 Å². The minimum Gasteiger partial charge on any atom is -0.453 e. The predicted octanol–water partition coefficient (Wildman–Crippen LogP) is -0.425. The number of Topliss-reactive ketones (excluding diaryl/α,β-unsaturated/α-hetero) is 1. The first kappa shape index (κ1) is 20.7. The summed E-state index contributed by atoms with van der Waals surface area (Å²) >= 11 is 0. The quantitative estimate of drug-likeness (QED) is 0.517. The van der Waals surface area contributed by atoms with E-state index in [0.29, 0.717) is 5.69 Å². The minimum atomic E-state index is -0.892. The normalized spacial score (nSPS) is 13.7. The summed E-state index contributed by atoms with van der Waals surface area (Å²) in [4.78, 5) is 61.0. The maximum absolute atomic E-state index is 12.4. The fourth-order valence-corrected chi connectivity index (χ4v) is 2.88. The van der Waals surface area contributed by atoms with Crippen LogP contribution in [0.25, 0.3) is 0 Å². The van der Waals surface area contributed by atoms with Crippen LogP contribution in [0, 0.1) is 0 Å². The number of carbonyl (C=O) groups excluding carboxylic acids is 3. The van der Waals surface area contributed by atoms with Crippen molar-refractivity contribution < 1.29 is 19.1 Å². The standard InChI is InChI=1S/C19H19N5O6/c1-22-16(20)15(17(27)23(2)19(22)29)13(25)10-30-18(28)12-8-9-14(26)24(21-12)11-6-4-3-5-7-11/h3-7H,8-10,20H2,1-2H3. The molecule has 0 bridgehead atoms. The van der Waals surface area contributed by atoms with Crippen LogP contribution in [-0.4, -0.2) is 39.1 Å². The molecule has 1 aromatic heterocycles. The molecule has 0 radical (unpaired) electrons. The predicted molar refractivity (Wildman–Crippen MR) is 107 cm³/mol. The van der Waals surface area contributed by atoms with Crippen molar-refractivity contribution in [3.05, 3.63) is 56.7 Å². The van der Waals surface area contributed by atoms with Gasteiger partial charge in [0, 0.05) is 26.9 Å². The Labute approximate surface area is 170 Å². The number of ketones is 1. The van der Waals surface area contributed by atoms with Gasteiger partial charge >= 0.3 is 11.7 Å². The third kappa shape index (κ3) is 3.77. The molecule has 2 aromatic rings. The second-order valence-corrected chi connectivity index (χ2v) is 6.55. The molecule has 1 amide bonds. The van der Waals surface area contributed by atoms with Crippen LogP contribution in [0.5, 0.6) is 0 Å². The van der Waals surface area contributed by atoms with Crippen LogP contribution >= 0.6 is 0 Å². The Hall–Kier alpha value is -4.02. The highest BCUT2D eigenvalue weighted by atomic mass is 16.5. The van der Waals surface area contributed by atoms with E-state index in [4.69, 9.17) is 10.5 Å². The van der Waals surface area contributed by atoms with Crippen LogP contribution in [0.2, 0.25) is 0 Å². The third-order valence-electron chi connectivity index (χ3n) is 4.59. The number of hydrogen-bond donors (Lipinski definition) is 1. The first-order valence-electron chi connectivity index (χ1n) is 8.93. The maximum Gasteiger partial charge on any atom is 0.354 e. The number of anilines is 2. The van der Waals surface area contributed by atoms with Crippen LogP contribution in [-0.2, 0) is 28.4 Å². The first-order chi connectivity index (χ1) is 14.2. The summed E-state index contributed by atoms with van der Waals surface area (Å²) in [6.07, 6.45) is 0.101. The minimum absolute atomic E-state index is 0.0346. The SMILES string of the molecule is Cn1c(N)c(C(=O)COC(=O)C2=NN(c3ccccc3)C(=O)CC2)c(=O)n(C)c1=O. The Morgan fingerprint density at radius 1 is 1.07 bits per heavy atom. The van der Waals surface area contributed by atoms with Crippen LogP contribution in [0.3, 0.4) is 0 Å². The highest BCUT2D eigenvalue weighted by Crippen LogP contribution is 2.20. The number of nitrogen functional groups attached to an aromatic ring is 1. The summed E-state index contributed by atoms with van der Waals surface area (Å²) in [5.41, 5.74) is 4.16. The molecule has 11 heteroatoms. The summed E-state index contributed by atoms with van der Waals surface area (Å²) in [5.74, 6) is -2.35. The van der Waals surface area contributed by atoms with Crippen molar-refractivity contribution in [2.75, 3.05) is 17.3 Å². The molecule has 1 aromatic carbocycles. The Morgan fingerprint density at radius 2 is 1.73 bits per heavy atom. The number of rotatable bonds is 5. The molecular formula is C19H19N5O6. The van der Waals surface area contributed by atoms with E-state index in [1.807, 2.05) is 0 Å². The van der Waals surface area contributed by atoms with E-state index in [2.05, 4.69) is 5.10 Å². The molecule has 0 spiro atoms. The molecule has 0 atom stereocenters. The molecular weight excluding hydrogens is 394 g/mol. The van der Waals surface area contributed by atoms with Gasteiger partial charge in [-0.15, -0.1) is 0 Å². The second-order valence-electron chi connectivity index (χ2n) is 6.55. The van der Waals surface area contributed by atoms with Gasteiger partial charge in [-0.05, 0) is 12.1 Å². The van der Waals surface area contributed by atoms with Gasteiger partial charge in [-0.3, -0.25) is 23.5 Å². The van der Waals surface area contributed by atoms with Gasteiger partial charge in [0.25, 0.3) is 5.56 Å². The molecule has 3 rings (SSSR count). The lowest BCUT2D eigenvalue weighted by atomic mass is 10.1. The van der Waals surface area contributed by atoms with E-state index in [9.17, 15) is 24.0 Å². The van der Waals surface area contributed by atoms with Crippen molar-refractivity contribution in [2.24, 2.45) is 19.2 Å². The molecule has 0 fully saturated rings. The molecule has 1 aliphatic rings. The molecule has 1 aliphatic heterocycles. The van der Waals surface area contributed by atoms with Crippen molar-refractivity contribution in [3.63, 3.8) is 0 Å². The van der Waals surface area contributed by atoms with E-state index < -0.39 is 35.2 Å². The number of amides is 1. The monoisotopic (exact) mass is 413 g/mol. The summed E-state index contributed by atoms with van der Waals surface area (Å²) in [6.45, 7) is -0.769. The fourth-order valence-electron chi connectivity index (χ4n) is 2.88. The number of esters is 1. The Balaban J connectivity index is 1.78. The van der Waals surface area contributed by atoms with Gasteiger partial charge < -0.3 is 10.5 Å². The molecule has 0 saturated carbocycles. The highest BCUT2D eigenvalue weighted by molar-refractivity contribution is 6.38. The second kappa shape index (κ2) is 8.15. The van der Waals surface area contributed by atoms with Crippen molar-refractivity contribution in [2.45, 2.75) is 12.8 Å². The zero-order valence-corrected chi connectivity index (χ0v) is 16.3. The lowest BCUT2D eigenvalue weighted by Crippen LogP contribution is -2.42. The summed E-state index contributed by atoms with van der Waals surface area (Å²) in [5, 5.41) is 5.14. The Morgan fingerprint density at radius 3 is 2.40 bits per heavy atom. The number of hydrogen-bond acceptors (Lipinski definition) is 8. The number of nitrogens with zero attached hydrogens (tertiary/aromatic N) is 4. The molecule has 156 valence electrons. The van der Waals surface area contributed by atoms with E-state index in [1.165, 1.54) is 14.1 Å². The van der Waals surface area contributed by atoms with E-state index in [0.717, 1.165) is 14.1 Å². The van der Waals surface area contributed by atoms with Crippen LogP contribution in [0.4, 0.5) is 11.5 Å². The van der Waals surface area contributed by atoms with Crippen molar-refractivity contribution in [1.29, 1.82) is 0 Å². The number of carbonyl (C=O) groups is 3. The number of hydrazone groups is 1. The molecule has 11 nitrogen and oxygen atoms in total. The van der Waals surface area contributed by atoms with Gasteiger partial charge in [0.1, 0.15) is 17.1 Å². The Bertz CT molecular complexity index is 1180. The van der Waals surface area contributed by atoms with E-state index in [-0.39, 0.29) is 30.3 Å². The number of para-hydroxylation sites is 1. The summed E-state index contributed by atoms with van der Waals surface area (Å²) in [6, 6.07) is 8.55. The number of ether oxygens (including phenoxy) is 1. The van der Waals surface area contributed by atoms with Crippen molar-refractivity contribution in [1.82, 2.24) is 9.13 Å². The zero-order valence-electron chi connectivity index (χ0n) is 16.3. The topological polar surface area (TPSA) is 146 Å². The van der Waals surface area contributed by atoms with Crippen LogP contribution in [0.15, 0.2) is 45.0 Å². The van der Waals surface area contributed by atoms with Gasteiger partial charge in [-0.25, -0.2) is 14.6 Å². The lowest BCUT2D eigenvalue weighted by molar-refractivity contribution is -0.134. The average Bonchev–Trinajstić information content (AvgIpc) is 2.75. The van der Waals surface area contributed by atoms with Gasteiger partial charge in [0.2, 0.25) is 11.7 Å². The molecule has 2 heterocycles. The number of aromatic nitrogens is 2. The smallest absolute Gasteiger partial charge is 0.354 e. The maximum atomic E-state index is 12.4. The first-order valence-corrected chi connectivity index (χ1v) is 8.93. The lowest BCUT2D eigenvalue weighted by Gasteiger charge is -2.22. The Kier molecular flexibility index (Phi) is 5.63. The molecule has 0 saturated heterocycles. The van der Waals surface area contributed by atoms with Gasteiger partial charge in [-0.2, -0.15) is 5.10 Å². The van der Waals surface area contributed by atoms with Gasteiger partial charge in [-0.1, -0.05) is 18.2 Å². The molecule has 2 N–H and O–H groups in total. The van der Waals surface area contributed by atoms with E-state index >= 15 is 0 Å². The van der Waals surface area contributed by atoms with Crippen molar-refractivity contribution in [3.8, 4) is 0 Å². The van der Waals surface area contributed by atoms with Crippen molar-refractivity contribution >= 4 is 34.9 Å². The average molecular weight is 413 g/mol.